The third-order valence-corrected chi connectivity index (χ3v) is 6.61. The van der Waals surface area contributed by atoms with E-state index in [0.717, 1.165) is 38.4 Å². The molecule has 2 aromatic heterocycles. The van der Waals surface area contributed by atoms with Crippen molar-refractivity contribution in [3.8, 4) is 11.3 Å². The van der Waals surface area contributed by atoms with Gasteiger partial charge in [-0.2, -0.15) is 0 Å². The van der Waals surface area contributed by atoms with E-state index in [0.29, 0.717) is 17.1 Å². The second-order valence-electron chi connectivity index (χ2n) is 7.43. The van der Waals surface area contributed by atoms with Gasteiger partial charge in [0.05, 0.1) is 15.9 Å². The Labute approximate surface area is 189 Å². The first kappa shape index (κ1) is 19.8. The summed E-state index contributed by atoms with van der Waals surface area (Å²) in [6, 6.07) is 21.8. The number of hydrogen-bond donors (Lipinski definition) is 1. The van der Waals surface area contributed by atoms with Crippen LogP contribution in [0.2, 0.25) is 5.02 Å². The van der Waals surface area contributed by atoms with E-state index < -0.39 is 0 Å². The zero-order valence-corrected chi connectivity index (χ0v) is 18.5. The topological polar surface area (TPSA) is 46.4 Å². The van der Waals surface area contributed by atoms with Crippen LogP contribution in [0.3, 0.4) is 0 Å². The molecular formula is C25H20ClN3OS. The standard InChI is InChI=1S/C25H20ClN3OS/c1-2-16-6-8-18(9-7-16)21-15-29-22-11-10-19(13-23(22)31-25(29)28-21)24(30)27-14-17-4-3-5-20(26)12-17/h3-13,15H,2,14H2,1H3,(H,27,30). The fourth-order valence-corrected chi connectivity index (χ4v) is 4.88. The summed E-state index contributed by atoms with van der Waals surface area (Å²) in [4.78, 5) is 18.4. The highest BCUT2D eigenvalue weighted by Gasteiger charge is 2.13. The van der Waals surface area contributed by atoms with Gasteiger partial charge in [-0.3, -0.25) is 9.20 Å². The molecule has 1 amide bonds. The molecule has 3 aromatic carbocycles. The lowest BCUT2D eigenvalue weighted by atomic mass is 10.1. The Morgan fingerprint density at radius 2 is 1.90 bits per heavy atom. The summed E-state index contributed by atoms with van der Waals surface area (Å²) in [5.74, 6) is -0.107. The van der Waals surface area contributed by atoms with Crippen LogP contribution < -0.4 is 5.32 Å². The predicted octanol–water partition coefficient (Wildman–Crippen LogP) is 6.36. The molecule has 6 heteroatoms. The summed E-state index contributed by atoms with van der Waals surface area (Å²) in [6.07, 6.45) is 3.09. The molecule has 0 radical (unpaired) electrons. The van der Waals surface area contributed by atoms with Crippen LogP contribution in [0.15, 0.2) is 72.9 Å². The summed E-state index contributed by atoms with van der Waals surface area (Å²) in [5.41, 5.74) is 6.04. The summed E-state index contributed by atoms with van der Waals surface area (Å²) < 4.78 is 3.13. The number of hydrogen-bond acceptors (Lipinski definition) is 3. The molecule has 31 heavy (non-hydrogen) atoms. The lowest BCUT2D eigenvalue weighted by molar-refractivity contribution is 0.0951. The Hall–Kier alpha value is -3.15. The van der Waals surface area contributed by atoms with Crippen molar-refractivity contribution in [2.45, 2.75) is 19.9 Å². The fourth-order valence-electron chi connectivity index (χ4n) is 3.62. The molecule has 0 fully saturated rings. The van der Waals surface area contributed by atoms with Gasteiger partial charge in [0.2, 0.25) is 0 Å². The van der Waals surface area contributed by atoms with Crippen molar-refractivity contribution >= 4 is 44.0 Å². The highest BCUT2D eigenvalue weighted by atomic mass is 35.5. The van der Waals surface area contributed by atoms with Crippen molar-refractivity contribution in [1.82, 2.24) is 14.7 Å². The predicted molar refractivity (Wildman–Crippen MR) is 128 cm³/mol. The lowest BCUT2D eigenvalue weighted by Crippen LogP contribution is -2.22. The highest BCUT2D eigenvalue weighted by molar-refractivity contribution is 7.23. The molecule has 0 atom stereocenters. The van der Waals surface area contributed by atoms with Gasteiger partial charge in [-0.25, -0.2) is 4.98 Å². The van der Waals surface area contributed by atoms with E-state index in [2.05, 4.69) is 47.1 Å². The van der Waals surface area contributed by atoms with Crippen molar-refractivity contribution in [2.75, 3.05) is 0 Å². The number of carbonyl (C=O) groups is 1. The number of nitrogens with zero attached hydrogens (tertiary/aromatic N) is 2. The maximum Gasteiger partial charge on any atom is 0.251 e. The molecule has 4 nitrogen and oxygen atoms in total. The number of amides is 1. The normalized spacial score (nSPS) is 11.3. The number of benzene rings is 3. The van der Waals surface area contributed by atoms with Crippen LogP contribution in [-0.2, 0) is 13.0 Å². The third-order valence-electron chi connectivity index (χ3n) is 5.36. The van der Waals surface area contributed by atoms with Gasteiger partial charge in [0.25, 0.3) is 5.91 Å². The van der Waals surface area contributed by atoms with Crippen molar-refractivity contribution in [3.05, 3.63) is 94.6 Å². The van der Waals surface area contributed by atoms with E-state index in [4.69, 9.17) is 16.6 Å². The molecule has 0 unspecified atom stereocenters. The van der Waals surface area contributed by atoms with Gasteiger partial charge < -0.3 is 5.32 Å². The largest absolute Gasteiger partial charge is 0.348 e. The maximum absolute atomic E-state index is 12.6. The van der Waals surface area contributed by atoms with Crippen LogP contribution in [0.25, 0.3) is 26.4 Å². The second kappa shape index (κ2) is 8.17. The number of fused-ring (bicyclic) bond motifs is 3. The van der Waals surface area contributed by atoms with Crippen LogP contribution in [0.4, 0.5) is 0 Å². The average Bonchev–Trinajstić information content (AvgIpc) is 3.35. The van der Waals surface area contributed by atoms with Crippen molar-refractivity contribution in [3.63, 3.8) is 0 Å². The van der Waals surface area contributed by atoms with E-state index >= 15 is 0 Å². The molecular weight excluding hydrogens is 426 g/mol. The number of carbonyl (C=O) groups excluding carboxylic acids is 1. The van der Waals surface area contributed by atoms with E-state index in [1.807, 2.05) is 42.5 Å². The molecule has 0 saturated heterocycles. The van der Waals surface area contributed by atoms with Gasteiger partial charge in [-0.1, -0.05) is 66.3 Å². The van der Waals surface area contributed by atoms with Crippen LogP contribution in [0.1, 0.15) is 28.4 Å². The number of nitrogens with one attached hydrogen (secondary N) is 1. The number of rotatable bonds is 5. The van der Waals surface area contributed by atoms with Crippen LogP contribution in [-0.4, -0.2) is 15.3 Å². The zero-order valence-electron chi connectivity index (χ0n) is 16.9. The monoisotopic (exact) mass is 445 g/mol. The van der Waals surface area contributed by atoms with Gasteiger partial charge in [-0.15, -0.1) is 0 Å². The first-order chi connectivity index (χ1) is 15.1. The number of aromatic nitrogens is 2. The molecule has 0 spiro atoms. The van der Waals surface area contributed by atoms with E-state index in [-0.39, 0.29) is 5.91 Å². The van der Waals surface area contributed by atoms with Gasteiger partial charge in [0.15, 0.2) is 4.96 Å². The number of halogens is 1. The van der Waals surface area contributed by atoms with Crippen LogP contribution >= 0.6 is 22.9 Å². The Morgan fingerprint density at radius 1 is 1.06 bits per heavy atom. The van der Waals surface area contributed by atoms with Crippen molar-refractivity contribution in [2.24, 2.45) is 0 Å². The summed E-state index contributed by atoms with van der Waals surface area (Å²) in [6.45, 7) is 2.59. The molecule has 0 saturated carbocycles. The van der Waals surface area contributed by atoms with E-state index in [1.54, 1.807) is 11.3 Å². The molecule has 0 aliphatic carbocycles. The molecule has 0 aliphatic rings. The van der Waals surface area contributed by atoms with Gasteiger partial charge in [0, 0.05) is 28.9 Å². The average molecular weight is 446 g/mol. The maximum atomic E-state index is 12.6. The van der Waals surface area contributed by atoms with Crippen molar-refractivity contribution < 1.29 is 4.79 Å². The van der Waals surface area contributed by atoms with Gasteiger partial charge >= 0.3 is 0 Å². The highest BCUT2D eigenvalue weighted by Crippen LogP contribution is 2.30. The second-order valence-corrected chi connectivity index (χ2v) is 8.87. The fraction of sp³-hybridized carbons (Fsp3) is 0.120. The summed E-state index contributed by atoms with van der Waals surface area (Å²) >= 11 is 7.60. The minimum atomic E-state index is -0.107. The molecule has 1 N–H and O–H groups in total. The molecule has 154 valence electrons. The Kier molecular flexibility index (Phi) is 5.22. The Balaban J connectivity index is 1.39. The van der Waals surface area contributed by atoms with Gasteiger partial charge in [-0.05, 0) is 47.9 Å². The quantitative estimate of drug-likeness (QED) is 0.342. The molecule has 5 rings (SSSR count). The van der Waals surface area contributed by atoms with E-state index in [1.165, 1.54) is 5.56 Å². The molecule has 0 aliphatic heterocycles. The Bertz CT molecular complexity index is 1400. The minimum absolute atomic E-state index is 0.107. The first-order valence-corrected chi connectivity index (χ1v) is 11.3. The Morgan fingerprint density at radius 3 is 2.68 bits per heavy atom. The lowest BCUT2D eigenvalue weighted by Gasteiger charge is -2.06. The van der Waals surface area contributed by atoms with Crippen LogP contribution in [0.5, 0.6) is 0 Å². The molecule has 0 bridgehead atoms. The van der Waals surface area contributed by atoms with E-state index in [9.17, 15) is 4.79 Å². The van der Waals surface area contributed by atoms with Crippen LogP contribution in [0, 0.1) is 0 Å². The minimum Gasteiger partial charge on any atom is -0.348 e. The summed E-state index contributed by atoms with van der Waals surface area (Å²) in [5, 5.41) is 3.62. The summed E-state index contributed by atoms with van der Waals surface area (Å²) in [7, 11) is 0. The third kappa shape index (κ3) is 3.94. The van der Waals surface area contributed by atoms with Crippen molar-refractivity contribution in [1.29, 1.82) is 0 Å². The first-order valence-electron chi connectivity index (χ1n) is 10.1. The smallest absolute Gasteiger partial charge is 0.251 e. The number of aryl methyl sites for hydroxylation is 1. The SMILES string of the molecule is CCc1ccc(-c2cn3c(n2)sc2cc(C(=O)NCc4cccc(Cl)c4)ccc23)cc1. The number of thiazole rings is 1. The number of imidazole rings is 1. The molecule has 2 heterocycles. The molecule has 5 aromatic rings. The van der Waals surface area contributed by atoms with Gasteiger partial charge in [0.1, 0.15) is 0 Å². The zero-order chi connectivity index (χ0) is 21.4.